The molecule has 24 heavy (non-hydrogen) atoms. The fraction of sp³-hybridized carbons (Fsp3) is 0.118. The number of rotatable bonds is 5. The van der Waals surface area contributed by atoms with Crippen LogP contribution in [-0.4, -0.2) is 30.1 Å². The summed E-state index contributed by atoms with van der Waals surface area (Å²) in [6, 6.07) is 8.79. The molecule has 0 unspecified atom stereocenters. The van der Waals surface area contributed by atoms with E-state index in [4.69, 9.17) is 9.47 Å². The molecular weight excluding hydrogens is 326 g/mol. The highest BCUT2D eigenvalue weighted by atomic mass is 32.1. The summed E-state index contributed by atoms with van der Waals surface area (Å²) in [6.07, 6.45) is 3.15. The second-order valence-corrected chi connectivity index (χ2v) is 5.65. The van der Waals surface area contributed by atoms with Crippen LogP contribution < -0.4 is 14.8 Å². The third kappa shape index (κ3) is 3.36. The number of aromatic nitrogens is 2. The van der Waals surface area contributed by atoms with E-state index in [-0.39, 0.29) is 5.91 Å². The van der Waals surface area contributed by atoms with Crippen LogP contribution in [0.5, 0.6) is 11.5 Å². The van der Waals surface area contributed by atoms with E-state index in [0.717, 1.165) is 5.56 Å². The molecule has 0 aliphatic carbocycles. The molecule has 0 saturated heterocycles. The van der Waals surface area contributed by atoms with E-state index in [9.17, 15) is 4.79 Å². The first-order valence-corrected chi connectivity index (χ1v) is 7.98. The number of anilines is 1. The van der Waals surface area contributed by atoms with Crippen LogP contribution in [0, 0.1) is 0 Å². The Bertz CT molecular complexity index is 849. The normalized spacial score (nSPS) is 10.2. The summed E-state index contributed by atoms with van der Waals surface area (Å²) in [4.78, 5) is 20.5. The highest BCUT2D eigenvalue weighted by Crippen LogP contribution is 2.35. The number of nitrogens with zero attached hydrogens (tertiary/aromatic N) is 2. The van der Waals surface area contributed by atoms with Gasteiger partial charge in [-0.3, -0.25) is 15.1 Å². The molecule has 0 saturated carbocycles. The predicted molar refractivity (Wildman–Crippen MR) is 92.8 cm³/mol. The summed E-state index contributed by atoms with van der Waals surface area (Å²) >= 11 is 1.34. The Labute approximate surface area is 143 Å². The third-order valence-corrected chi connectivity index (χ3v) is 4.11. The molecule has 0 atom stereocenters. The first kappa shape index (κ1) is 15.9. The van der Waals surface area contributed by atoms with Gasteiger partial charge in [0.25, 0.3) is 5.91 Å². The smallest absolute Gasteiger partial charge is 0.257 e. The number of ether oxygens (including phenoxy) is 2. The van der Waals surface area contributed by atoms with Gasteiger partial charge in [-0.2, -0.15) is 0 Å². The molecule has 0 radical (unpaired) electrons. The van der Waals surface area contributed by atoms with Crippen LogP contribution in [0.1, 0.15) is 10.4 Å². The summed E-state index contributed by atoms with van der Waals surface area (Å²) in [5.41, 5.74) is 2.04. The standard InChI is InChI=1S/C17H15N3O3S/c1-22-12-3-4-15(23-2)13(9-12)14-10-24-17(19-14)20-16(21)11-5-7-18-8-6-11/h3-10H,1-2H3,(H,19,20,21). The molecule has 1 aromatic carbocycles. The Morgan fingerprint density at radius 1 is 1.12 bits per heavy atom. The molecule has 0 aliphatic heterocycles. The van der Waals surface area contributed by atoms with E-state index in [0.29, 0.717) is 27.9 Å². The number of hydrogen-bond acceptors (Lipinski definition) is 6. The van der Waals surface area contributed by atoms with Crippen molar-refractivity contribution in [3.05, 3.63) is 53.7 Å². The minimum absolute atomic E-state index is 0.226. The van der Waals surface area contributed by atoms with Crippen molar-refractivity contribution in [2.24, 2.45) is 0 Å². The molecule has 1 amide bonds. The van der Waals surface area contributed by atoms with Crippen LogP contribution in [0.15, 0.2) is 48.1 Å². The number of hydrogen-bond donors (Lipinski definition) is 1. The monoisotopic (exact) mass is 341 g/mol. The lowest BCUT2D eigenvalue weighted by molar-refractivity contribution is 0.102. The molecule has 7 heteroatoms. The van der Waals surface area contributed by atoms with Crippen molar-refractivity contribution in [3.63, 3.8) is 0 Å². The zero-order chi connectivity index (χ0) is 16.9. The van der Waals surface area contributed by atoms with Gasteiger partial charge >= 0.3 is 0 Å². The van der Waals surface area contributed by atoms with E-state index in [1.54, 1.807) is 38.7 Å². The minimum Gasteiger partial charge on any atom is -0.497 e. The number of methoxy groups -OCH3 is 2. The fourth-order valence-corrected chi connectivity index (χ4v) is 2.85. The Kier molecular flexibility index (Phi) is 4.72. The predicted octanol–water partition coefficient (Wildman–Crippen LogP) is 3.47. The van der Waals surface area contributed by atoms with Crippen molar-refractivity contribution in [2.75, 3.05) is 19.5 Å². The van der Waals surface area contributed by atoms with Gasteiger partial charge in [-0.25, -0.2) is 4.98 Å². The van der Waals surface area contributed by atoms with Gasteiger partial charge in [0.05, 0.1) is 19.9 Å². The molecule has 2 aromatic heterocycles. The molecular formula is C17H15N3O3S. The van der Waals surface area contributed by atoms with Gasteiger partial charge in [-0.05, 0) is 30.3 Å². The van der Waals surface area contributed by atoms with Crippen molar-refractivity contribution in [2.45, 2.75) is 0 Å². The van der Waals surface area contributed by atoms with Crippen LogP contribution >= 0.6 is 11.3 Å². The molecule has 1 N–H and O–H groups in total. The van der Waals surface area contributed by atoms with Crippen LogP contribution in [0.4, 0.5) is 5.13 Å². The zero-order valence-electron chi connectivity index (χ0n) is 13.1. The first-order valence-electron chi connectivity index (χ1n) is 7.10. The largest absolute Gasteiger partial charge is 0.497 e. The van der Waals surface area contributed by atoms with Crippen molar-refractivity contribution < 1.29 is 14.3 Å². The van der Waals surface area contributed by atoms with Crippen LogP contribution in [0.25, 0.3) is 11.3 Å². The molecule has 3 aromatic rings. The maximum atomic E-state index is 12.2. The highest BCUT2D eigenvalue weighted by Gasteiger charge is 2.13. The number of pyridine rings is 1. The SMILES string of the molecule is COc1ccc(OC)c(-c2csc(NC(=O)c3ccncc3)n2)c1. The Balaban J connectivity index is 1.85. The van der Waals surface area contributed by atoms with Gasteiger partial charge in [0.1, 0.15) is 11.5 Å². The lowest BCUT2D eigenvalue weighted by atomic mass is 10.1. The van der Waals surface area contributed by atoms with Crippen LogP contribution in [0.2, 0.25) is 0 Å². The summed E-state index contributed by atoms with van der Waals surface area (Å²) < 4.78 is 10.6. The van der Waals surface area contributed by atoms with E-state index in [2.05, 4.69) is 15.3 Å². The Morgan fingerprint density at radius 3 is 2.62 bits per heavy atom. The topological polar surface area (TPSA) is 73.3 Å². The Morgan fingerprint density at radius 2 is 1.92 bits per heavy atom. The molecule has 0 fully saturated rings. The summed E-state index contributed by atoms with van der Waals surface area (Å²) in [5, 5.41) is 5.15. The molecule has 2 heterocycles. The van der Waals surface area contributed by atoms with Gasteiger partial charge < -0.3 is 9.47 Å². The van der Waals surface area contributed by atoms with Gasteiger partial charge in [-0.1, -0.05) is 0 Å². The zero-order valence-corrected chi connectivity index (χ0v) is 14.0. The molecule has 3 rings (SSSR count). The number of thiazole rings is 1. The van der Waals surface area contributed by atoms with Gasteiger partial charge in [0.2, 0.25) is 0 Å². The van der Waals surface area contributed by atoms with Gasteiger partial charge in [-0.15, -0.1) is 11.3 Å². The second kappa shape index (κ2) is 7.10. The quantitative estimate of drug-likeness (QED) is 0.769. The molecule has 0 aliphatic rings. The second-order valence-electron chi connectivity index (χ2n) is 4.79. The summed E-state index contributed by atoms with van der Waals surface area (Å²) in [7, 11) is 3.21. The van der Waals surface area contributed by atoms with Crippen molar-refractivity contribution >= 4 is 22.4 Å². The average Bonchev–Trinajstić information content (AvgIpc) is 3.10. The van der Waals surface area contributed by atoms with E-state index >= 15 is 0 Å². The molecule has 0 bridgehead atoms. The van der Waals surface area contributed by atoms with E-state index in [1.807, 2.05) is 23.6 Å². The minimum atomic E-state index is -0.226. The number of nitrogens with one attached hydrogen (secondary N) is 1. The average molecular weight is 341 g/mol. The summed E-state index contributed by atoms with van der Waals surface area (Å²) in [5.74, 6) is 1.17. The van der Waals surface area contributed by atoms with Gasteiger partial charge in [0.15, 0.2) is 5.13 Å². The summed E-state index contributed by atoms with van der Waals surface area (Å²) in [6.45, 7) is 0. The van der Waals surface area contributed by atoms with E-state index < -0.39 is 0 Å². The maximum absolute atomic E-state index is 12.2. The molecule has 0 spiro atoms. The van der Waals surface area contributed by atoms with Crippen LogP contribution in [-0.2, 0) is 0 Å². The number of carbonyl (C=O) groups is 1. The van der Waals surface area contributed by atoms with Gasteiger partial charge in [0, 0.05) is 28.9 Å². The van der Waals surface area contributed by atoms with Crippen molar-refractivity contribution in [1.29, 1.82) is 0 Å². The van der Waals surface area contributed by atoms with Crippen molar-refractivity contribution in [1.82, 2.24) is 9.97 Å². The van der Waals surface area contributed by atoms with Crippen molar-refractivity contribution in [3.8, 4) is 22.8 Å². The molecule has 6 nitrogen and oxygen atoms in total. The fourth-order valence-electron chi connectivity index (χ4n) is 2.14. The van der Waals surface area contributed by atoms with E-state index in [1.165, 1.54) is 11.3 Å². The number of amides is 1. The Hall–Kier alpha value is -2.93. The first-order chi connectivity index (χ1) is 11.7. The number of carbonyl (C=O) groups excluding carboxylic acids is 1. The molecule has 122 valence electrons. The maximum Gasteiger partial charge on any atom is 0.257 e. The van der Waals surface area contributed by atoms with Crippen LogP contribution in [0.3, 0.4) is 0 Å². The lowest BCUT2D eigenvalue weighted by Crippen LogP contribution is -2.11. The highest BCUT2D eigenvalue weighted by molar-refractivity contribution is 7.14. The lowest BCUT2D eigenvalue weighted by Gasteiger charge is -2.08. The third-order valence-electron chi connectivity index (χ3n) is 3.35. The number of benzene rings is 1.